The van der Waals surface area contributed by atoms with E-state index < -0.39 is 17.5 Å². The molecule has 5 rings (SSSR count). The zero-order chi connectivity index (χ0) is 30.9. The Hall–Kier alpha value is -3.94. The highest BCUT2D eigenvalue weighted by Gasteiger charge is 2.32. The summed E-state index contributed by atoms with van der Waals surface area (Å²) in [5.41, 5.74) is 2.52. The molecule has 2 aromatic carbocycles. The maximum Gasteiger partial charge on any atom is 0.410 e. The molecule has 3 heterocycles. The van der Waals surface area contributed by atoms with Crippen molar-refractivity contribution in [2.75, 3.05) is 38.1 Å². The third-order valence-corrected chi connectivity index (χ3v) is 9.09. The predicted octanol–water partition coefficient (Wildman–Crippen LogP) is 6.14. The molecule has 0 aliphatic carbocycles. The van der Waals surface area contributed by atoms with E-state index in [1.807, 2.05) is 51.1 Å². The topological polar surface area (TPSA) is 97.1 Å². The number of likely N-dealkylation sites (tertiary alicyclic amines) is 1. The number of nitriles is 1. The van der Waals surface area contributed by atoms with Crippen LogP contribution < -0.4 is 4.90 Å². The lowest BCUT2D eigenvalue weighted by Gasteiger charge is -2.38. The van der Waals surface area contributed by atoms with E-state index in [-0.39, 0.29) is 23.6 Å². The van der Waals surface area contributed by atoms with Crippen LogP contribution in [-0.2, 0) is 4.74 Å². The van der Waals surface area contributed by atoms with Crippen LogP contribution in [0.15, 0.2) is 48.5 Å². The monoisotopic (exact) mass is 604 g/mol. The second kappa shape index (κ2) is 12.3. The summed E-state index contributed by atoms with van der Waals surface area (Å²) in [5, 5.41) is 19.2. The number of β-amino-alcohol motifs (C(OH)–C–C–N with tert-alkyl or cyclic N) is 1. The molecule has 2 amide bonds. The van der Waals surface area contributed by atoms with Crippen molar-refractivity contribution in [2.45, 2.75) is 57.8 Å². The van der Waals surface area contributed by atoms with Gasteiger partial charge < -0.3 is 24.5 Å². The zero-order valence-corrected chi connectivity index (χ0v) is 25.8. The largest absolute Gasteiger partial charge is 0.444 e. The molecule has 10 heteroatoms. The average molecular weight is 605 g/mol. The van der Waals surface area contributed by atoms with Crippen molar-refractivity contribution in [3.05, 3.63) is 64.8 Å². The molecule has 8 nitrogen and oxygen atoms in total. The highest BCUT2D eigenvalue weighted by Crippen LogP contribution is 2.41. The molecule has 43 heavy (non-hydrogen) atoms. The number of carbonyl (C=O) groups excluding carboxylic acids is 2. The number of hydrogen-bond acceptors (Lipinski definition) is 7. The third-order valence-electron chi connectivity index (χ3n) is 7.91. The Morgan fingerprint density at radius 2 is 1.79 bits per heavy atom. The number of rotatable bonds is 5. The maximum atomic E-state index is 14.7. The van der Waals surface area contributed by atoms with E-state index in [1.165, 1.54) is 23.5 Å². The van der Waals surface area contributed by atoms with Crippen LogP contribution in [0, 0.1) is 17.1 Å². The number of carbonyl (C=O) groups is 2. The van der Waals surface area contributed by atoms with Crippen LogP contribution in [0.3, 0.4) is 0 Å². The number of aliphatic hydroxyl groups excluding tert-OH is 1. The molecule has 2 saturated heterocycles. The van der Waals surface area contributed by atoms with Gasteiger partial charge in [0.1, 0.15) is 17.5 Å². The van der Waals surface area contributed by atoms with Gasteiger partial charge in [-0.1, -0.05) is 18.2 Å². The SMILES string of the molecule is CN(C(=O)OC(C)(C)C)[C@@H]1CCCN(C(=O)c2cc(-c3ccc(C#N)c(F)c3)c(-c3ccc(N4CC[C@@H](O)C4)cc3)s2)C1. The lowest BCUT2D eigenvalue weighted by atomic mass is 10.00. The number of aliphatic hydroxyl groups is 1. The van der Waals surface area contributed by atoms with E-state index in [2.05, 4.69) is 4.90 Å². The molecule has 2 fully saturated rings. The van der Waals surface area contributed by atoms with Crippen LogP contribution in [0.2, 0.25) is 0 Å². The highest BCUT2D eigenvalue weighted by molar-refractivity contribution is 7.18. The van der Waals surface area contributed by atoms with Crippen LogP contribution in [0.4, 0.5) is 14.9 Å². The number of benzene rings is 2. The van der Waals surface area contributed by atoms with Gasteiger partial charge in [-0.3, -0.25) is 4.79 Å². The Labute approximate surface area is 255 Å². The first-order chi connectivity index (χ1) is 20.4. The third kappa shape index (κ3) is 6.84. The second-order valence-corrected chi connectivity index (χ2v) is 13.3. The first-order valence-corrected chi connectivity index (χ1v) is 15.4. The van der Waals surface area contributed by atoms with Gasteiger partial charge in [0.15, 0.2) is 0 Å². The lowest BCUT2D eigenvalue weighted by Crippen LogP contribution is -2.51. The zero-order valence-electron chi connectivity index (χ0n) is 25.0. The van der Waals surface area contributed by atoms with Crippen LogP contribution in [-0.4, -0.2) is 77.9 Å². The number of anilines is 1. The van der Waals surface area contributed by atoms with Crippen molar-refractivity contribution in [3.8, 4) is 27.6 Å². The minimum absolute atomic E-state index is 0.0394. The maximum absolute atomic E-state index is 14.7. The molecule has 2 aliphatic rings. The summed E-state index contributed by atoms with van der Waals surface area (Å²) in [6, 6.07) is 16.0. The summed E-state index contributed by atoms with van der Waals surface area (Å²) in [6.45, 7) is 7.81. The number of piperidine rings is 1. The smallest absolute Gasteiger partial charge is 0.410 e. The van der Waals surface area contributed by atoms with Gasteiger partial charge in [-0.2, -0.15) is 5.26 Å². The van der Waals surface area contributed by atoms with Crippen molar-refractivity contribution >= 4 is 29.0 Å². The van der Waals surface area contributed by atoms with Gasteiger partial charge in [-0.05, 0) is 81.5 Å². The fraction of sp³-hybridized carbons (Fsp3) is 0.424. The first-order valence-electron chi connectivity index (χ1n) is 14.6. The summed E-state index contributed by atoms with van der Waals surface area (Å²) in [4.78, 5) is 33.4. The normalized spacial score (nSPS) is 18.8. The highest BCUT2D eigenvalue weighted by atomic mass is 32.1. The fourth-order valence-corrected chi connectivity index (χ4v) is 6.75. The Morgan fingerprint density at radius 1 is 1.07 bits per heavy atom. The molecule has 2 aliphatic heterocycles. The van der Waals surface area contributed by atoms with Crippen molar-refractivity contribution < 1.29 is 23.8 Å². The van der Waals surface area contributed by atoms with E-state index in [0.29, 0.717) is 35.6 Å². The Bertz CT molecular complexity index is 1540. The molecule has 0 bridgehead atoms. The van der Waals surface area contributed by atoms with Gasteiger partial charge in [0.25, 0.3) is 5.91 Å². The van der Waals surface area contributed by atoms with Gasteiger partial charge in [0.2, 0.25) is 0 Å². The molecule has 3 aromatic rings. The van der Waals surface area contributed by atoms with Crippen LogP contribution in [0.25, 0.3) is 21.6 Å². The van der Waals surface area contributed by atoms with Crippen LogP contribution >= 0.6 is 11.3 Å². The number of amides is 2. The minimum atomic E-state index is -0.614. The van der Waals surface area contributed by atoms with E-state index in [0.717, 1.165) is 41.9 Å². The molecule has 0 radical (unpaired) electrons. The molecule has 0 unspecified atom stereocenters. The van der Waals surface area contributed by atoms with Crippen molar-refractivity contribution in [1.29, 1.82) is 5.26 Å². The molecule has 1 N–H and O–H groups in total. The number of ether oxygens (including phenoxy) is 1. The van der Waals surface area contributed by atoms with E-state index >= 15 is 0 Å². The number of nitrogens with zero attached hydrogens (tertiary/aromatic N) is 4. The minimum Gasteiger partial charge on any atom is -0.444 e. The Morgan fingerprint density at radius 3 is 2.42 bits per heavy atom. The van der Waals surface area contributed by atoms with Crippen molar-refractivity contribution in [2.24, 2.45) is 0 Å². The van der Waals surface area contributed by atoms with Crippen LogP contribution in [0.1, 0.15) is 55.3 Å². The molecule has 0 saturated carbocycles. The number of halogens is 1. The Kier molecular flexibility index (Phi) is 8.76. The standard InChI is InChI=1S/C33H37FN4O4S/c1-33(2,3)42-32(41)36(4)25-6-5-14-38(19-25)31(40)29-17-27(22-7-8-23(18-35)28(34)16-22)30(43-29)21-9-11-24(12-10-21)37-15-13-26(39)20-37/h7-12,16-17,25-26,39H,5-6,13-15,19-20H2,1-4H3/t25-,26-/m1/s1. The second-order valence-electron chi connectivity index (χ2n) is 12.2. The van der Waals surface area contributed by atoms with Crippen molar-refractivity contribution in [1.82, 2.24) is 9.80 Å². The molecular formula is C33H37FN4O4S. The fourth-order valence-electron chi connectivity index (χ4n) is 5.59. The van der Waals surface area contributed by atoms with E-state index in [1.54, 1.807) is 29.0 Å². The van der Waals surface area contributed by atoms with Crippen molar-refractivity contribution in [3.63, 3.8) is 0 Å². The molecule has 1 aromatic heterocycles. The first kappa shape index (κ1) is 30.5. The summed E-state index contributed by atoms with van der Waals surface area (Å²) in [5.74, 6) is -0.756. The molecule has 226 valence electrons. The Balaban J connectivity index is 1.44. The summed E-state index contributed by atoms with van der Waals surface area (Å²) < 4.78 is 20.2. The summed E-state index contributed by atoms with van der Waals surface area (Å²) in [7, 11) is 1.71. The molecule has 2 atom stereocenters. The van der Waals surface area contributed by atoms with Gasteiger partial charge in [-0.25, -0.2) is 9.18 Å². The number of likely N-dealkylation sites (N-methyl/N-ethyl adjacent to an activating group) is 1. The molecule has 0 spiro atoms. The number of thiophene rings is 1. The average Bonchev–Trinajstić information content (AvgIpc) is 3.62. The van der Waals surface area contributed by atoms with Gasteiger partial charge in [-0.15, -0.1) is 11.3 Å². The summed E-state index contributed by atoms with van der Waals surface area (Å²) in [6.07, 6.45) is 1.51. The quantitative estimate of drug-likeness (QED) is 0.376. The van der Waals surface area contributed by atoms with Crippen LogP contribution in [0.5, 0.6) is 0 Å². The predicted molar refractivity (Wildman–Crippen MR) is 166 cm³/mol. The van der Waals surface area contributed by atoms with Gasteiger partial charge >= 0.3 is 6.09 Å². The lowest BCUT2D eigenvalue weighted by molar-refractivity contribution is 0.0132. The van der Waals surface area contributed by atoms with E-state index in [9.17, 15) is 24.3 Å². The van der Waals surface area contributed by atoms with Gasteiger partial charge in [0, 0.05) is 49.4 Å². The number of hydrogen-bond donors (Lipinski definition) is 1. The molecular weight excluding hydrogens is 567 g/mol. The van der Waals surface area contributed by atoms with E-state index in [4.69, 9.17) is 4.74 Å². The summed E-state index contributed by atoms with van der Waals surface area (Å²) >= 11 is 1.35. The van der Waals surface area contributed by atoms with Gasteiger partial charge in [0.05, 0.1) is 22.6 Å².